The Morgan fingerprint density at radius 3 is 2.58 bits per heavy atom. The number of hydrogen-bond donors (Lipinski definition) is 3. The lowest BCUT2D eigenvalue weighted by atomic mass is 10.1. The molecule has 0 aliphatic rings. The molecule has 0 saturated carbocycles. The van der Waals surface area contributed by atoms with Crippen molar-refractivity contribution in [3.05, 3.63) is 61.2 Å². The van der Waals surface area contributed by atoms with Crippen LogP contribution in [0.3, 0.4) is 0 Å². The second-order valence-electron chi connectivity index (χ2n) is 4.83. The third-order valence-corrected chi connectivity index (χ3v) is 4.47. The number of carbonyl (C=O) groups excluding carboxylic acids is 1. The van der Waals surface area contributed by atoms with E-state index in [1.54, 1.807) is 12.1 Å². The standard InChI is InChI=1S/C15H12IN3O4S/c1-8-2-3-9(6-11(8)16)14(21)18-15(24)17-12-5-4-10(19(22)23)7-13(12)20/h2-7,20H,1H3,(H2,17,18,21,24). The lowest BCUT2D eigenvalue weighted by molar-refractivity contribution is -0.384. The maximum absolute atomic E-state index is 12.1. The number of non-ortho nitro benzene ring substituents is 1. The van der Waals surface area contributed by atoms with Crippen molar-refractivity contribution in [3.8, 4) is 5.75 Å². The molecule has 2 aromatic rings. The zero-order chi connectivity index (χ0) is 17.9. The lowest BCUT2D eigenvalue weighted by Crippen LogP contribution is -2.34. The summed E-state index contributed by atoms with van der Waals surface area (Å²) < 4.78 is 0.951. The van der Waals surface area contributed by atoms with Crippen molar-refractivity contribution in [3.63, 3.8) is 0 Å². The Morgan fingerprint density at radius 1 is 1.29 bits per heavy atom. The number of aryl methyl sites for hydroxylation is 1. The highest BCUT2D eigenvalue weighted by molar-refractivity contribution is 14.1. The first-order valence-corrected chi connectivity index (χ1v) is 8.12. The monoisotopic (exact) mass is 457 g/mol. The predicted molar refractivity (Wildman–Crippen MR) is 102 cm³/mol. The maximum Gasteiger partial charge on any atom is 0.273 e. The number of hydrogen-bond acceptors (Lipinski definition) is 5. The minimum atomic E-state index is -0.622. The summed E-state index contributed by atoms with van der Waals surface area (Å²) >= 11 is 7.16. The molecule has 0 aromatic heterocycles. The topological polar surface area (TPSA) is 104 Å². The van der Waals surface area contributed by atoms with E-state index in [1.807, 2.05) is 13.0 Å². The molecule has 3 N–H and O–H groups in total. The van der Waals surface area contributed by atoms with Gasteiger partial charge in [0.15, 0.2) is 5.11 Å². The SMILES string of the molecule is Cc1ccc(C(=O)NC(=S)Nc2ccc([N+](=O)[O-])cc2O)cc1I. The van der Waals surface area contributed by atoms with Crippen molar-refractivity contribution in [2.24, 2.45) is 0 Å². The molecule has 1 amide bonds. The number of nitrogens with zero attached hydrogens (tertiary/aromatic N) is 1. The molecule has 0 heterocycles. The number of phenols is 1. The molecule has 9 heteroatoms. The smallest absolute Gasteiger partial charge is 0.273 e. The second-order valence-corrected chi connectivity index (χ2v) is 6.40. The van der Waals surface area contributed by atoms with Gasteiger partial charge in [0.1, 0.15) is 5.75 Å². The second kappa shape index (κ2) is 7.53. The number of carbonyl (C=O) groups is 1. The summed E-state index contributed by atoms with van der Waals surface area (Å²) in [6.45, 7) is 1.94. The van der Waals surface area contributed by atoms with Gasteiger partial charge in [-0.25, -0.2) is 0 Å². The van der Waals surface area contributed by atoms with Crippen LogP contribution < -0.4 is 10.6 Å². The van der Waals surface area contributed by atoms with Crippen molar-refractivity contribution >= 4 is 57.2 Å². The summed E-state index contributed by atoms with van der Waals surface area (Å²) in [4.78, 5) is 22.2. The Hall–Kier alpha value is -2.27. The number of amides is 1. The Morgan fingerprint density at radius 2 is 2.00 bits per heavy atom. The Balaban J connectivity index is 2.06. The third-order valence-electron chi connectivity index (χ3n) is 3.10. The molecule has 0 radical (unpaired) electrons. The van der Waals surface area contributed by atoms with Crippen LogP contribution >= 0.6 is 34.8 Å². The first-order valence-electron chi connectivity index (χ1n) is 6.64. The van der Waals surface area contributed by atoms with Gasteiger partial charge >= 0.3 is 0 Å². The first-order chi connectivity index (χ1) is 11.3. The van der Waals surface area contributed by atoms with Crippen LogP contribution in [0, 0.1) is 20.6 Å². The summed E-state index contributed by atoms with van der Waals surface area (Å²) in [5.41, 5.74) is 1.41. The fourth-order valence-electron chi connectivity index (χ4n) is 1.80. The van der Waals surface area contributed by atoms with Gasteiger partial charge in [-0.2, -0.15) is 0 Å². The molecular weight excluding hydrogens is 445 g/mol. The molecule has 124 valence electrons. The largest absolute Gasteiger partial charge is 0.506 e. The fraction of sp³-hybridized carbons (Fsp3) is 0.0667. The average molecular weight is 457 g/mol. The van der Waals surface area contributed by atoms with Gasteiger partial charge in [0, 0.05) is 15.2 Å². The number of thiocarbonyl (C=S) groups is 1. The van der Waals surface area contributed by atoms with Crippen molar-refractivity contribution < 1.29 is 14.8 Å². The van der Waals surface area contributed by atoms with Crippen LogP contribution in [0.5, 0.6) is 5.75 Å². The van der Waals surface area contributed by atoms with E-state index >= 15 is 0 Å². The molecule has 7 nitrogen and oxygen atoms in total. The summed E-state index contributed by atoms with van der Waals surface area (Å²) in [7, 11) is 0. The van der Waals surface area contributed by atoms with E-state index in [1.165, 1.54) is 12.1 Å². The molecule has 2 aromatic carbocycles. The van der Waals surface area contributed by atoms with Crippen LogP contribution in [-0.4, -0.2) is 21.0 Å². The molecule has 0 unspecified atom stereocenters. The number of nitrogens with one attached hydrogen (secondary N) is 2. The highest BCUT2D eigenvalue weighted by Gasteiger charge is 2.13. The number of aromatic hydroxyl groups is 1. The zero-order valence-corrected chi connectivity index (χ0v) is 15.3. The van der Waals surface area contributed by atoms with Crippen LogP contribution in [-0.2, 0) is 0 Å². The van der Waals surface area contributed by atoms with Gasteiger partial charge in [0.25, 0.3) is 11.6 Å². The van der Waals surface area contributed by atoms with Crippen molar-refractivity contribution in [2.45, 2.75) is 6.92 Å². The number of halogens is 1. The van der Waals surface area contributed by atoms with Gasteiger partial charge in [0.2, 0.25) is 0 Å². The van der Waals surface area contributed by atoms with E-state index in [9.17, 15) is 20.0 Å². The van der Waals surface area contributed by atoms with Crippen molar-refractivity contribution in [2.75, 3.05) is 5.32 Å². The summed E-state index contributed by atoms with van der Waals surface area (Å²) in [5.74, 6) is -0.738. The zero-order valence-electron chi connectivity index (χ0n) is 12.4. The minimum absolute atomic E-state index is 0.0280. The molecule has 0 aliphatic heterocycles. The Kier molecular flexibility index (Phi) is 5.67. The molecule has 0 fully saturated rings. The average Bonchev–Trinajstić information content (AvgIpc) is 2.51. The number of rotatable bonds is 3. The highest BCUT2D eigenvalue weighted by Crippen LogP contribution is 2.27. The number of nitro groups is 1. The summed E-state index contributed by atoms with van der Waals surface area (Å²) in [5, 5.41) is 25.5. The van der Waals surface area contributed by atoms with Crippen LogP contribution in [0.25, 0.3) is 0 Å². The van der Waals surface area contributed by atoms with E-state index in [4.69, 9.17) is 12.2 Å². The van der Waals surface area contributed by atoms with E-state index in [-0.39, 0.29) is 22.2 Å². The van der Waals surface area contributed by atoms with Gasteiger partial charge in [-0.1, -0.05) is 6.07 Å². The van der Waals surface area contributed by atoms with E-state index in [0.29, 0.717) is 5.56 Å². The van der Waals surface area contributed by atoms with Crippen LogP contribution in [0.2, 0.25) is 0 Å². The third kappa shape index (κ3) is 4.38. The quantitative estimate of drug-likeness (QED) is 0.215. The van der Waals surface area contributed by atoms with Gasteiger partial charge < -0.3 is 10.4 Å². The molecule has 0 atom stereocenters. The van der Waals surface area contributed by atoms with Gasteiger partial charge in [-0.05, 0) is 65.5 Å². The van der Waals surface area contributed by atoms with Gasteiger partial charge in [-0.3, -0.25) is 20.2 Å². The van der Waals surface area contributed by atoms with Crippen molar-refractivity contribution in [1.82, 2.24) is 5.32 Å². The maximum atomic E-state index is 12.1. The van der Waals surface area contributed by atoms with E-state index < -0.39 is 10.8 Å². The number of benzene rings is 2. The molecule has 0 bridgehead atoms. The first kappa shape index (κ1) is 18.1. The number of nitro benzene ring substituents is 1. The molecule has 2 rings (SSSR count). The normalized spacial score (nSPS) is 10.1. The van der Waals surface area contributed by atoms with E-state index in [2.05, 4.69) is 33.2 Å². The van der Waals surface area contributed by atoms with Crippen molar-refractivity contribution in [1.29, 1.82) is 0 Å². The number of anilines is 1. The Labute approximate surface area is 156 Å². The molecule has 0 saturated heterocycles. The molecule has 0 aliphatic carbocycles. The molecular formula is C15H12IN3O4S. The summed E-state index contributed by atoms with van der Waals surface area (Å²) in [6, 6.07) is 8.76. The summed E-state index contributed by atoms with van der Waals surface area (Å²) in [6.07, 6.45) is 0. The van der Waals surface area contributed by atoms with E-state index in [0.717, 1.165) is 15.2 Å². The van der Waals surface area contributed by atoms with Crippen LogP contribution in [0.15, 0.2) is 36.4 Å². The minimum Gasteiger partial charge on any atom is -0.506 e. The van der Waals surface area contributed by atoms with Crippen LogP contribution in [0.1, 0.15) is 15.9 Å². The highest BCUT2D eigenvalue weighted by atomic mass is 127. The van der Waals surface area contributed by atoms with Gasteiger partial charge in [0.05, 0.1) is 16.7 Å². The predicted octanol–water partition coefficient (Wildman–Crippen LogP) is 3.34. The van der Waals surface area contributed by atoms with Gasteiger partial charge in [-0.15, -0.1) is 0 Å². The fourth-order valence-corrected chi connectivity index (χ4v) is 2.52. The molecule has 0 spiro atoms. The number of phenolic OH excluding ortho intramolecular Hbond substituents is 1. The Bertz CT molecular complexity index is 841. The lowest BCUT2D eigenvalue weighted by Gasteiger charge is -2.11. The van der Waals surface area contributed by atoms with Crippen LogP contribution in [0.4, 0.5) is 11.4 Å². The molecule has 24 heavy (non-hydrogen) atoms.